The Bertz CT molecular complexity index is 349. The molecule has 1 atom stereocenters. The first-order chi connectivity index (χ1) is 6.75. The number of hydrogen-bond acceptors (Lipinski definition) is 3. The predicted octanol–water partition coefficient (Wildman–Crippen LogP) is 1.91. The topological polar surface area (TPSA) is 30.5 Å². The molecule has 3 heteroatoms. The predicted molar refractivity (Wildman–Crippen MR) is 54.3 cm³/mol. The fourth-order valence-electron chi connectivity index (χ4n) is 1.37. The van der Waals surface area contributed by atoms with E-state index in [4.69, 9.17) is 9.47 Å². The van der Waals surface area contributed by atoms with Crippen molar-refractivity contribution in [2.45, 2.75) is 13.2 Å². The molecule has 3 nitrogen and oxygen atoms in total. The highest BCUT2D eigenvalue weighted by molar-refractivity contribution is 5.40. The maximum atomic E-state index is 5.65. The third-order valence-corrected chi connectivity index (χ3v) is 1.92. The van der Waals surface area contributed by atoms with Gasteiger partial charge in [0.25, 0.3) is 0 Å². The van der Waals surface area contributed by atoms with E-state index in [0.717, 1.165) is 17.2 Å². The number of nitrogens with one attached hydrogen (secondary N) is 1. The summed E-state index contributed by atoms with van der Waals surface area (Å²) in [5, 5.41) is 3.08. The molecule has 0 bridgehead atoms. The number of ether oxygens (including phenoxy) is 2. The van der Waals surface area contributed by atoms with E-state index in [2.05, 4.69) is 11.9 Å². The minimum absolute atomic E-state index is 0.137. The van der Waals surface area contributed by atoms with Crippen LogP contribution in [0.15, 0.2) is 36.5 Å². The lowest BCUT2D eigenvalue weighted by Gasteiger charge is -2.27. The van der Waals surface area contributed by atoms with Crippen molar-refractivity contribution in [2.24, 2.45) is 0 Å². The lowest BCUT2D eigenvalue weighted by atomic mass is 10.3. The second-order valence-electron chi connectivity index (χ2n) is 3.29. The van der Waals surface area contributed by atoms with Gasteiger partial charge in [0.05, 0.1) is 0 Å². The molecule has 1 aromatic carbocycles. The molecule has 0 amide bonds. The summed E-state index contributed by atoms with van der Waals surface area (Å²) in [6.45, 7) is 6.16. The number of rotatable bonds is 2. The van der Waals surface area contributed by atoms with Crippen LogP contribution in [0.3, 0.4) is 0 Å². The maximum absolute atomic E-state index is 5.65. The fraction of sp³-hybridized carbons (Fsp3) is 0.273. The molecule has 0 saturated carbocycles. The van der Waals surface area contributed by atoms with Crippen molar-refractivity contribution >= 4 is 0 Å². The average molecular weight is 191 g/mol. The van der Waals surface area contributed by atoms with Gasteiger partial charge in [-0.05, 0) is 19.1 Å². The Kier molecular flexibility index (Phi) is 2.31. The molecule has 1 aromatic rings. The van der Waals surface area contributed by atoms with E-state index in [0.29, 0.717) is 6.61 Å². The molecular formula is C11H13NO2. The van der Waals surface area contributed by atoms with E-state index in [9.17, 15) is 0 Å². The van der Waals surface area contributed by atoms with Crippen molar-refractivity contribution in [3.05, 3.63) is 36.5 Å². The first-order valence-corrected chi connectivity index (χ1v) is 4.56. The van der Waals surface area contributed by atoms with Gasteiger partial charge < -0.3 is 14.8 Å². The van der Waals surface area contributed by atoms with Crippen LogP contribution in [-0.2, 0) is 0 Å². The average Bonchev–Trinajstić information content (AvgIpc) is 2.17. The Morgan fingerprint density at radius 1 is 1.43 bits per heavy atom. The van der Waals surface area contributed by atoms with Gasteiger partial charge in [0.2, 0.25) is 6.23 Å². The molecule has 0 aliphatic carbocycles. The summed E-state index contributed by atoms with van der Waals surface area (Å²) in [5.41, 5.74) is 0.873. The zero-order valence-corrected chi connectivity index (χ0v) is 8.12. The zero-order valence-electron chi connectivity index (χ0n) is 8.12. The van der Waals surface area contributed by atoms with Gasteiger partial charge >= 0.3 is 0 Å². The van der Waals surface area contributed by atoms with Crippen LogP contribution in [0.25, 0.3) is 0 Å². The molecule has 1 heterocycles. The summed E-state index contributed by atoms with van der Waals surface area (Å²) in [6, 6.07) is 7.63. The second-order valence-corrected chi connectivity index (χ2v) is 3.29. The van der Waals surface area contributed by atoms with Gasteiger partial charge in [-0.3, -0.25) is 0 Å². The van der Waals surface area contributed by atoms with E-state index in [1.54, 1.807) is 0 Å². The quantitative estimate of drug-likeness (QED) is 0.774. The van der Waals surface area contributed by atoms with E-state index in [1.165, 1.54) is 0 Å². The summed E-state index contributed by atoms with van der Waals surface area (Å²) in [7, 11) is 0. The maximum Gasteiger partial charge on any atom is 0.204 e. The molecular weight excluding hydrogens is 178 g/mol. The summed E-state index contributed by atoms with van der Waals surface area (Å²) in [6.07, 6.45) is -0.137. The van der Waals surface area contributed by atoms with Gasteiger partial charge in [-0.1, -0.05) is 18.7 Å². The molecule has 0 radical (unpaired) electrons. The van der Waals surface area contributed by atoms with E-state index >= 15 is 0 Å². The Balaban J connectivity index is 2.09. The highest BCUT2D eigenvalue weighted by atomic mass is 16.6. The highest BCUT2D eigenvalue weighted by Crippen LogP contribution is 2.30. The molecule has 1 aliphatic heterocycles. The van der Waals surface area contributed by atoms with Crippen LogP contribution in [0, 0.1) is 0 Å². The number of allylic oxidation sites excluding steroid dienone is 1. The van der Waals surface area contributed by atoms with Crippen molar-refractivity contribution in [3.63, 3.8) is 0 Å². The molecule has 74 valence electrons. The lowest BCUT2D eigenvalue weighted by Crippen LogP contribution is -2.40. The molecule has 0 aromatic heterocycles. The number of fused-ring (bicyclic) bond motifs is 1. The van der Waals surface area contributed by atoms with Crippen LogP contribution in [0.5, 0.6) is 11.5 Å². The molecule has 1 N–H and O–H groups in total. The molecule has 0 fully saturated rings. The van der Waals surface area contributed by atoms with Gasteiger partial charge in [-0.25, -0.2) is 0 Å². The van der Waals surface area contributed by atoms with Crippen molar-refractivity contribution < 1.29 is 9.47 Å². The summed E-state index contributed by atoms with van der Waals surface area (Å²) in [5.74, 6) is 1.57. The molecule has 0 spiro atoms. The molecule has 1 aliphatic rings. The van der Waals surface area contributed by atoms with Gasteiger partial charge in [-0.2, -0.15) is 0 Å². The van der Waals surface area contributed by atoms with E-state index < -0.39 is 0 Å². The van der Waals surface area contributed by atoms with Gasteiger partial charge in [0.15, 0.2) is 11.5 Å². The SMILES string of the molecule is C=C(C)NC1COc2ccccc2O1. The zero-order chi connectivity index (χ0) is 9.97. The number of hydrogen-bond donors (Lipinski definition) is 1. The van der Waals surface area contributed by atoms with Crippen LogP contribution in [0.4, 0.5) is 0 Å². The Hall–Kier alpha value is -1.64. The number of para-hydroxylation sites is 2. The Morgan fingerprint density at radius 2 is 2.14 bits per heavy atom. The second kappa shape index (κ2) is 3.62. The largest absolute Gasteiger partial charge is 0.484 e. The Labute approximate surface area is 83.3 Å². The first-order valence-electron chi connectivity index (χ1n) is 4.56. The van der Waals surface area contributed by atoms with Crippen LogP contribution in [0.2, 0.25) is 0 Å². The third-order valence-electron chi connectivity index (χ3n) is 1.92. The van der Waals surface area contributed by atoms with Crippen LogP contribution >= 0.6 is 0 Å². The molecule has 1 unspecified atom stereocenters. The molecule has 14 heavy (non-hydrogen) atoms. The van der Waals surface area contributed by atoms with Crippen LogP contribution in [-0.4, -0.2) is 12.8 Å². The van der Waals surface area contributed by atoms with E-state index in [-0.39, 0.29) is 6.23 Å². The van der Waals surface area contributed by atoms with Crippen molar-refractivity contribution in [1.29, 1.82) is 0 Å². The van der Waals surface area contributed by atoms with Gasteiger partial charge in [0.1, 0.15) is 6.61 Å². The summed E-state index contributed by atoms with van der Waals surface area (Å²) < 4.78 is 11.2. The van der Waals surface area contributed by atoms with Crippen molar-refractivity contribution in [1.82, 2.24) is 5.32 Å². The molecule has 0 saturated heterocycles. The van der Waals surface area contributed by atoms with Crippen LogP contribution in [0.1, 0.15) is 6.92 Å². The number of benzene rings is 1. The van der Waals surface area contributed by atoms with E-state index in [1.807, 2.05) is 31.2 Å². The standard InChI is InChI=1S/C11H13NO2/c1-8(2)12-11-7-13-9-5-3-4-6-10(9)14-11/h3-6,11-12H,1,7H2,2H3. The van der Waals surface area contributed by atoms with Gasteiger partial charge in [-0.15, -0.1) is 0 Å². The summed E-state index contributed by atoms with van der Waals surface area (Å²) >= 11 is 0. The van der Waals surface area contributed by atoms with Crippen molar-refractivity contribution in [2.75, 3.05) is 6.61 Å². The lowest BCUT2D eigenvalue weighted by molar-refractivity contribution is 0.0743. The third kappa shape index (κ3) is 1.82. The highest BCUT2D eigenvalue weighted by Gasteiger charge is 2.19. The monoisotopic (exact) mass is 191 g/mol. The molecule has 2 rings (SSSR count). The van der Waals surface area contributed by atoms with Gasteiger partial charge in [0, 0.05) is 5.70 Å². The Morgan fingerprint density at radius 3 is 2.86 bits per heavy atom. The minimum Gasteiger partial charge on any atom is -0.484 e. The first kappa shape index (κ1) is 8.94. The smallest absolute Gasteiger partial charge is 0.204 e. The summed E-state index contributed by atoms with van der Waals surface area (Å²) in [4.78, 5) is 0. The normalized spacial score (nSPS) is 18.8. The van der Waals surface area contributed by atoms with Crippen LogP contribution < -0.4 is 14.8 Å². The fourth-order valence-corrected chi connectivity index (χ4v) is 1.37. The minimum atomic E-state index is -0.137. The van der Waals surface area contributed by atoms with Crippen molar-refractivity contribution in [3.8, 4) is 11.5 Å².